The van der Waals surface area contributed by atoms with E-state index in [0.29, 0.717) is 35.1 Å². The molecule has 0 aliphatic carbocycles. The second kappa shape index (κ2) is 9.02. The Bertz CT molecular complexity index is 959. The largest absolute Gasteiger partial charge is 0.379 e. The van der Waals surface area contributed by atoms with E-state index in [0.717, 1.165) is 6.42 Å². The summed E-state index contributed by atoms with van der Waals surface area (Å²) in [5.74, 6) is -0.319. The van der Waals surface area contributed by atoms with Gasteiger partial charge in [0.25, 0.3) is 0 Å². The zero-order valence-corrected chi connectivity index (χ0v) is 16.6. The average Bonchev–Trinajstić information content (AvgIpc) is 3.15. The molecule has 1 amide bonds. The number of nitrogens with one attached hydrogen (secondary N) is 1. The fourth-order valence-corrected chi connectivity index (χ4v) is 3.87. The summed E-state index contributed by atoms with van der Waals surface area (Å²) in [7, 11) is -3.99. The lowest BCUT2D eigenvalue weighted by atomic mass is 10.1. The molecular formula is C19H21ClN2O5S. The van der Waals surface area contributed by atoms with Crippen molar-refractivity contribution in [3.05, 3.63) is 58.6 Å². The lowest BCUT2D eigenvalue weighted by Crippen LogP contribution is -2.19. The number of sulfonamides is 1. The molecule has 1 fully saturated rings. The number of ether oxygens (including phenoxy) is 2. The van der Waals surface area contributed by atoms with Gasteiger partial charge in [0.2, 0.25) is 15.9 Å². The van der Waals surface area contributed by atoms with E-state index in [1.807, 2.05) is 0 Å². The Kier molecular flexibility index (Phi) is 6.69. The summed E-state index contributed by atoms with van der Waals surface area (Å²) in [5, 5.41) is 8.51. The van der Waals surface area contributed by atoms with Crippen molar-refractivity contribution in [3.63, 3.8) is 0 Å². The normalized spacial score (nSPS) is 16.9. The zero-order valence-electron chi connectivity index (χ0n) is 15.1. The van der Waals surface area contributed by atoms with Gasteiger partial charge >= 0.3 is 0 Å². The topological polar surface area (TPSA) is 108 Å². The molecule has 150 valence electrons. The first-order valence-corrected chi connectivity index (χ1v) is 10.6. The van der Waals surface area contributed by atoms with Gasteiger partial charge in [0.15, 0.2) is 0 Å². The van der Waals surface area contributed by atoms with Crippen molar-refractivity contribution < 1.29 is 22.7 Å². The van der Waals surface area contributed by atoms with Gasteiger partial charge in [0, 0.05) is 17.3 Å². The third-order valence-corrected chi connectivity index (χ3v) is 5.69. The van der Waals surface area contributed by atoms with Crippen molar-refractivity contribution in [1.82, 2.24) is 0 Å². The summed E-state index contributed by atoms with van der Waals surface area (Å²) < 4.78 is 34.9. The Morgan fingerprint density at radius 1 is 1.25 bits per heavy atom. The molecule has 2 aromatic rings. The quantitative estimate of drug-likeness (QED) is 0.709. The molecule has 0 radical (unpaired) electrons. The first-order chi connectivity index (χ1) is 13.3. The van der Waals surface area contributed by atoms with E-state index in [1.165, 1.54) is 6.07 Å². The molecule has 1 heterocycles. The highest BCUT2D eigenvalue weighted by molar-refractivity contribution is 7.89. The molecule has 0 spiro atoms. The Morgan fingerprint density at radius 2 is 2.04 bits per heavy atom. The first kappa shape index (κ1) is 20.8. The molecule has 7 nitrogen and oxygen atoms in total. The van der Waals surface area contributed by atoms with Crippen LogP contribution in [0, 0.1) is 0 Å². The average molecular weight is 425 g/mol. The third kappa shape index (κ3) is 5.52. The molecular weight excluding hydrogens is 404 g/mol. The molecule has 0 bridgehead atoms. The van der Waals surface area contributed by atoms with Crippen LogP contribution in [0.2, 0.25) is 5.02 Å². The Balaban J connectivity index is 1.72. The Hall–Kier alpha value is -1.97. The number of amides is 1. The summed E-state index contributed by atoms with van der Waals surface area (Å²) in [6, 6.07) is 11.6. The van der Waals surface area contributed by atoms with Gasteiger partial charge in [-0.2, -0.15) is 0 Å². The van der Waals surface area contributed by atoms with Crippen LogP contribution >= 0.6 is 11.6 Å². The van der Waals surface area contributed by atoms with Gasteiger partial charge in [-0.15, -0.1) is 0 Å². The van der Waals surface area contributed by atoms with Gasteiger partial charge in [-0.25, -0.2) is 13.6 Å². The van der Waals surface area contributed by atoms with E-state index >= 15 is 0 Å². The van der Waals surface area contributed by atoms with E-state index in [1.54, 1.807) is 36.4 Å². The van der Waals surface area contributed by atoms with Crippen molar-refractivity contribution in [2.24, 2.45) is 5.14 Å². The fraction of sp³-hybridized carbons (Fsp3) is 0.316. The second-order valence-corrected chi connectivity index (χ2v) is 8.42. The van der Waals surface area contributed by atoms with Gasteiger partial charge < -0.3 is 14.8 Å². The van der Waals surface area contributed by atoms with Crippen LogP contribution in [-0.2, 0) is 37.3 Å². The van der Waals surface area contributed by atoms with E-state index in [4.69, 9.17) is 26.2 Å². The number of primary sulfonamides is 1. The van der Waals surface area contributed by atoms with Gasteiger partial charge in [-0.3, -0.25) is 4.79 Å². The molecule has 9 heteroatoms. The SMILES string of the molecule is NS(=O)(=O)c1cc(NC(=O)Cc2ccccc2Cl)ccc1COC1CCOC1. The minimum Gasteiger partial charge on any atom is -0.379 e. The second-order valence-electron chi connectivity index (χ2n) is 6.48. The number of hydrogen-bond donors (Lipinski definition) is 2. The van der Waals surface area contributed by atoms with Crippen molar-refractivity contribution in [2.45, 2.75) is 30.4 Å². The lowest BCUT2D eigenvalue weighted by Gasteiger charge is -2.14. The minimum atomic E-state index is -3.99. The summed E-state index contributed by atoms with van der Waals surface area (Å²) in [4.78, 5) is 12.2. The number of halogens is 1. The molecule has 1 saturated heterocycles. The van der Waals surface area contributed by atoms with Crippen molar-refractivity contribution >= 4 is 33.2 Å². The fourth-order valence-electron chi connectivity index (χ4n) is 2.89. The van der Waals surface area contributed by atoms with E-state index in [2.05, 4.69) is 5.32 Å². The van der Waals surface area contributed by atoms with Gasteiger partial charge in [0.1, 0.15) is 0 Å². The number of nitrogens with two attached hydrogens (primary N) is 1. The molecule has 1 aliphatic heterocycles. The Labute approximate surface area is 168 Å². The maximum atomic E-state index is 12.3. The van der Waals surface area contributed by atoms with Crippen LogP contribution in [0.1, 0.15) is 17.5 Å². The first-order valence-electron chi connectivity index (χ1n) is 8.71. The number of rotatable bonds is 7. The predicted molar refractivity (Wildman–Crippen MR) is 106 cm³/mol. The van der Waals surface area contributed by atoms with E-state index < -0.39 is 10.0 Å². The maximum Gasteiger partial charge on any atom is 0.238 e. The number of anilines is 1. The Morgan fingerprint density at radius 3 is 2.71 bits per heavy atom. The van der Waals surface area contributed by atoms with E-state index in [9.17, 15) is 13.2 Å². The molecule has 1 aliphatic rings. The van der Waals surface area contributed by atoms with Gasteiger partial charge in [0.05, 0.1) is 30.6 Å². The maximum absolute atomic E-state index is 12.3. The highest BCUT2D eigenvalue weighted by Crippen LogP contribution is 2.23. The summed E-state index contributed by atoms with van der Waals surface area (Å²) in [5.41, 5.74) is 1.43. The molecule has 1 atom stereocenters. The minimum absolute atomic E-state index is 0.0664. The van der Waals surface area contributed by atoms with E-state index in [-0.39, 0.29) is 29.9 Å². The molecule has 2 aromatic carbocycles. The smallest absolute Gasteiger partial charge is 0.238 e. The van der Waals surface area contributed by atoms with Crippen LogP contribution in [0.25, 0.3) is 0 Å². The molecule has 0 saturated carbocycles. The van der Waals surface area contributed by atoms with Gasteiger partial charge in [-0.1, -0.05) is 35.9 Å². The standard InChI is InChI=1S/C19H21ClN2O5S/c20-17-4-2-1-3-13(17)9-19(23)22-15-6-5-14(18(10-15)28(21,24)25)11-27-16-7-8-26-12-16/h1-6,10,16H,7-9,11-12H2,(H,22,23)(H2,21,24,25). The number of benzene rings is 2. The van der Waals surface area contributed by atoms with Crippen molar-refractivity contribution in [2.75, 3.05) is 18.5 Å². The van der Waals surface area contributed by atoms with Crippen LogP contribution in [0.4, 0.5) is 5.69 Å². The van der Waals surface area contributed by atoms with Crippen molar-refractivity contribution in [1.29, 1.82) is 0 Å². The van der Waals surface area contributed by atoms with Gasteiger partial charge in [-0.05, 0) is 35.7 Å². The van der Waals surface area contributed by atoms with Crippen molar-refractivity contribution in [3.8, 4) is 0 Å². The predicted octanol–water partition coefficient (Wildman–Crippen LogP) is 2.47. The zero-order chi connectivity index (χ0) is 20.1. The molecule has 3 rings (SSSR count). The molecule has 0 aromatic heterocycles. The van der Waals surface area contributed by atoms with Crippen LogP contribution in [0.15, 0.2) is 47.4 Å². The number of carbonyl (C=O) groups is 1. The number of carbonyl (C=O) groups excluding carboxylic acids is 1. The molecule has 3 N–H and O–H groups in total. The summed E-state index contributed by atoms with van der Waals surface area (Å²) in [6.07, 6.45) is 0.765. The van der Waals surface area contributed by atoms with Crippen LogP contribution in [-0.4, -0.2) is 33.6 Å². The van der Waals surface area contributed by atoms with Crippen LogP contribution in [0.3, 0.4) is 0 Å². The lowest BCUT2D eigenvalue weighted by molar-refractivity contribution is -0.115. The monoisotopic (exact) mass is 424 g/mol. The summed E-state index contributed by atoms with van der Waals surface area (Å²) in [6.45, 7) is 1.21. The third-order valence-electron chi connectivity index (χ3n) is 4.33. The summed E-state index contributed by atoms with van der Waals surface area (Å²) >= 11 is 6.07. The van der Waals surface area contributed by atoms with Crippen LogP contribution in [0.5, 0.6) is 0 Å². The highest BCUT2D eigenvalue weighted by Gasteiger charge is 2.20. The van der Waals surface area contributed by atoms with Crippen LogP contribution < -0.4 is 10.5 Å². The highest BCUT2D eigenvalue weighted by atomic mass is 35.5. The molecule has 28 heavy (non-hydrogen) atoms. The molecule has 1 unspecified atom stereocenters. The number of hydrogen-bond acceptors (Lipinski definition) is 5.